The standard InChI is InChI=1S/C25H34FN3O7S.Na/c1-15(2)22-20(11-10-18(30)12-19(31)13-21(32)33)23(16-6-8-17(26)9-7-16)28-24(27-22)29(5)37(35,36)14-25(3,4)34;/h6-11,15,18-19,30-31,34H,12-14H2,1-5H3,(H,32,33);/b11-10+;/t18-,19-;/m1./s1. The van der Waals surface area contributed by atoms with Gasteiger partial charge in [-0.05, 0) is 44.0 Å². The summed E-state index contributed by atoms with van der Waals surface area (Å²) in [4.78, 5) is 19.7. The van der Waals surface area contributed by atoms with E-state index < -0.39 is 51.8 Å². The predicted molar refractivity (Wildman–Crippen MR) is 144 cm³/mol. The topological polar surface area (TPSA) is 161 Å². The normalized spacial score (nSPS) is 13.8. The Labute approximate surface area is 244 Å². The first kappa shape index (κ1) is 34.1. The summed E-state index contributed by atoms with van der Waals surface area (Å²) in [6.45, 7) is 6.40. The van der Waals surface area contributed by atoms with Gasteiger partial charge in [0.05, 0.1) is 41.4 Å². The smallest absolute Gasteiger partial charge is 0.305 e. The zero-order chi connectivity index (χ0) is 28.1. The summed E-state index contributed by atoms with van der Waals surface area (Å²) in [5.41, 5.74) is 0.0982. The van der Waals surface area contributed by atoms with Crippen LogP contribution in [0.2, 0.25) is 0 Å². The number of sulfonamides is 1. The van der Waals surface area contributed by atoms with Crippen molar-refractivity contribution in [2.75, 3.05) is 17.1 Å². The number of aliphatic carboxylic acids is 1. The van der Waals surface area contributed by atoms with E-state index in [1.54, 1.807) is 0 Å². The average molecular weight is 563 g/mol. The number of carboxylic acid groups (broad SMARTS) is 1. The summed E-state index contributed by atoms with van der Waals surface area (Å²) in [5.74, 6) is -2.64. The van der Waals surface area contributed by atoms with Gasteiger partial charge in [-0.2, -0.15) is 0 Å². The number of hydrogen-bond acceptors (Lipinski definition) is 8. The van der Waals surface area contributed by atoms with Gasteiger partial charge in [0.1, 0.15) is 5.82 Å². The number of aliphatic hydroxyl groups is 3. The molecule has 0 aliphatic heterocycles. The summed E-state index contributed by atoms with van der Waals surface area (Å²) in [7, 11) is -2.74. The molecule has 0 fully saturated rings. The van der Waals surface area contributed by atoms with E-state index >= 15 is 0 Å². The quantitative estimate of drug-likeness (QED) is 0.284. The molecule has 1 aromatic carbocycles. The van der Waals surface area contributed by atoms with Gasteiger partial charge in [0.15, 0.2) is 0 Å². The van der Waals surface area contributed by atoms with E-state index in [0.717, 1.165) is 4.31 Å². The molecule has 0 bridgehead atoms. The van der Waals surface area contributed by atoms with Crippen molar-refractivity contribution < 1.29 is 38.0 Å². The minimum atomic E-state index is -4.02. The Kier molecular flexibility index (Phi) is 12.5. The van der Waals surface area contributed by atoms with E-state index in [0.29, 0.717) is 16.8 Å². The Morgan fingerprint density at radius 2 is 1.74 bits per heavy atom. The molecule has 1 aromatic heterocycles. The number of nitrogens with zero attached hydrogens (tertiary/aromatic N) is 3. The van der Waals surface area contributed by atoms with Crippen molar-refractivity contribution in [3.63, 3.8) is 0 Å². The first-order valence-corrected chi connectivity index (χ1v) is 13.2. The van der Waals surface area contributed by atoms with Crippen molar-refractivity contribution in [2.24, 2.45) is 0 Å². The SMILES string of the molecule is CC(C)c1nc(N(C)S(=O)(=O)CC(C)(C)O)nc(-c2ccc(F)cc2)c1/C=C/[C@@H](O)C[C@@H](O)CC(=O)O.[Na]. The fourth-order valence-electron chi connectivity index (χ4n) is 3.56. The van der Waals surface area contributed by atoms with Gasteiger partial charge in [-0.1, -0.05) is 26.0 Å². The summed E-state index contributed by atoms with van der Waals surface area (Å²) < 4.78 is 40.4. The zero-order valence-corrected chi connectivity index (χ0v) is 25.3. The van der Waals surface area contributed by atoms with Crippen LogP contribution < -0.4 is 4.31 Å². The molecule has 13 heteroatoms. The van der Waals surface area contributed by atoms with Crippen molar-refractivity contribution in [1.29, 1.82) is 0 Å². The fraction of sp³-hybridized carbons (Fsp3) is 0.480. The maximum atomic E-state index is 13.6. The molecular weight excluding hydrogens is 528 g/mol. The number of benzene rings is 1. The molecule has 0 aliphatic carbocycles. The Bertz CT molecular complexity index is 1230. The monoisotopic (exact) mass is 562 g/mol. The van der Waals surface area contributed by atoms with Gasteiger partial charge in [0.2, 0.25) is 16.0 Å². The van der Waals surface area contributed by atoms with E-state index in [2.05, 4.69) is 9.97 Å². The maximum Gasteiger partial charge on any atom is 0.305 e. The van der Waals surface area contributed by atoms with Crippen LogP contribution in [0, 0.1) is 5.82 Å². The van der Waals surface area contributed by atoms with Crippen LogP contribution in [0.1, 0.15) is 57.7 Å². The Morgan fingerprint density at radius 3 is 2.24 bits per heavy atom. The van der Waals surface area contributed by atoms with Crippen molar-refractivity contribution in [1.82, 2.24) is 9.97 Å². The molecule has 4 N–H and O–H groups in total. The molecule has 0 aliphatic rings. The third-order valence-corrected chi connectivity index (χ3v) is 7.34. The number of aliphatic hydroxyl groups excluding tert-OH is 2. The number of carbonyl (C=O) groups is 1. The molecule has 0 saturated heterocycles. The predicted octanol–water partition coefficient (Wildman–Crippen LogP) is 2.16. The summed E-state index contributed by atoms with van der Waals surface area (Å²) in [6.07, 6.45) is -0.316. The van der Waals surface area contributed by atoms with Crippen LogP contribution in [-0.2, 0) is 14.8 Å². The molecule has 2 rings (SSSR count). The molecule has 1 radical (unpaired) electrons. The number of carboxylic acids is 1. The molecule has 38 heavy (non-hydrogen) atoms. The third kappa shape index (κ3) is 9.99. The molecule has 10 nitrogen and oxygen atoms in total. The zero-order valence-electron chi connectivity index (χ0n) is 22.5. The van der Waals surface area contributed by atoms with E-state index in [9.17, 15) is 32.9 Å². The van der Waals surface area contributed by atoms with Crippen LogP contribution in [0.25, 0.3) is 17.3 Å². The Hall–Kier alpha value is -1.93. The van der Waals surface area contributed by atoms with E-state index in [1.807, 2.05) is 13.8 Å². The Morgan fingerprint density at radius 1 is 1.16 bits per heavy atom. The van der Waals surface area contributed by atoms with Gasteiger partial charge < -0.3 is 20.4 Å². The van der Waals surface area contributed by atoms with Gasteiger partial charge >= 0.3 is 5.97 Å². The van der Waals surface area contributed by atoms with Crippen LogP contribution >= 0.6 is 0 Å². The van der Waals surface area contributed by atoms with E-state index in [-0.39, 0.29) is 53.5 Å². The number of rotatable bonds is 12. The number of hydrogen-bond donors (Lipinski definition) is 4. The molecule has 0 saturated carbocycles. The van der Waals surface area contributed by atoms with Crippen LogP contribution in [0.5, 0.6) is 0 Å². The van der Waals surface area contributed by atoms with Gasteiger partial charge in [-0.25, -0.2) is 27.1 Å². The number of halogens is 1. The maximum absolute atomic E-state index is 13.6. The van der Waals surface area contributed by atoms with Gasteiger partial charge in [0, 0.05) is 54.2 Å². The second-order valence-electron chi connectivity index (χ2n) is 9.78. The molecule has 2 aromatic rings. The van der Waals surface area contributed by atoms with Gasteiger partial charge in [0.25, 0.3) is 0 Å². The minimum Gasteiger partial charge on any atom is -0.481 e. The van der Waals surface area contributed by atoms with Crippen LogP contribution in [0.15, 0.2) is 30.3 Å². The summed E-state index contributed by atoms with van der Waals surface area (Å²) in [6, 6.07) is 5.40. The van der Waals surface area contributed by atoms with Crippen LogP contribution in [0.3, 0.4) is 0 Å². The first-order valence-electron chi connectivity index (χ1n) is 11.6. The fourth-order valence-corrected chi connectivity index (χ4v) is 4.98. The molecule has 0 spiro atoms. The van der Waals surface area contributed by atoms with E-state index in [1.165, 1.54) is 57.3 Å². The van der Waals surface area contributed by atoms with Crippen LogP contribution in [-0.4, -0.2) is 105 Å². The molecule has 0 unspecified atom stereocenters. The second kappa shape index (κ2) is 13.9. The number of anilines is 1. The van der Waals surface area contributed by atoms with Gasteiger partial charge in [-0.15, -0.1) is 0 Å². The van der Waals surface area contributed by atoms with Crippen molar-refractivity contribution in [2.45, 2.75) is 64.3 Å². The molecular formula is C25H34FN3NaO7S. The molecule has 2 atom stereocenters. The summed E-state index contributed by atoms with van der Waals surface area (Å²) >= 11 is 0. The van der Waals surface area contributed by atoms with Crippen LogP contribution in [0.4, 0.5) is 10.3 Å². The van der Waals surface area contributed by atoms with Gasteiger partial charge in [-0.3, -0.25) is 4.79 Å². The minimum absolute atomic E-state index is 0. The molecule has 1 heterocycles. The number of aromatic nitrogens is 2. The average Bonchev–Trinajstić information content (AvgIpc) is 2.74. The van der Waals surface area contributed by atoms with Crippen molar-refractivity contribution in [3.05, 3.63) is 47.4 Å². The van der Waals surface area contributed by atoms with Crippen molar-refractivity contribution in [3.8, 4) is 11.3 Å². The second-order valence-corrected chi connectivity index (χ2v) is 11.8. The first-order chi connectivity index (χ1) is 17.0. The molecule has 205 valence electrons. The van der Waals surface area contributed by atoms with Crippen molar-refractivity contribution >= 4 is 57.6 Å². The Balaban J connectivity index is 0.00000722. The third-order valence-electron chi connectivity index (χ3n) is 5.27. The molecule has 0 amide bonds. The largest absolute Gasteiger partial charge is 0.481 e. The summed E-state index contributed by atoms with van der Waals surface area (Å²) in [5, 5.41) is 39.0. The van der Waals surface area contributed by atoms with E-state index in [4.69, 9.17) is 5.11 Å².